The molecular formula is C20H26N8O3. The molecule has 1 amide bonds. The summed E-state index contributed by atoms with van der Waals surface area (Å²) in [6.45, 7) is 3.96. The lowest BCUT2D eigenvalue weighted by Crippen LogP contribution is -2.57. The van der Waals surface area contributed by atoms with Crippen molar-refractivity contribution in [1.82, 2.24) is 40.1 Å². The molecule has 3 aromatic rings. The van der Waals surface area contributed by atoms with Gasteiger partial charge in [0.2, 0.25) is 5.91 Å². The van der Waals surface area contributed by atoms with E-state index < -0.39 is 5.60 Å². The molecule has 1 saturated carbocycles. The fraction of sp³-hybridized carbons (Fsp3) is 0.500. The van der Waals surface area contributed by atoms with Crippen LogP contribution in [0.2, 0.25) is 0 Å². The second kappa shape index (κ2) is 8.06. The molecule has 31 heavy (non-hydrogen) atoms. The zero-order valence-electron chi connectivity index (χ0n) is 17.8. The Kier molecular flexibility index (Phi) is 5.44. The predicted octanol–water partition coefficient (Wildman–Crippen LogP) is 0.0212. The highest BCUT2D eigenvalue weighted by molar-refractivity contribution is 5.76. The average molecular weight is 426 g/mol. The van der Waals surface area contributed by atoms with Crippen molar-refractivity contribution in [2.24, 2.45) is 7.05 Å². The number of amides is 1. The molecule has 1 aliphatic carbocycles. The normalized spacial score (nSPS) is 20.5. The van der Waals surface area contributed by atoms with Gasteiger partial charge in [0.25, 0.3) is 5.56 Å². The highest BCUT2D eigenvalue weighted by Gasteiger charge is 2.43. The van der Waals surface area contributed by atoms with Crippen LogP contribution < -0.4 is 10.9 Å². The van der Waals surface area contributed by atoms with E-state index >= 15 is 0 Å². The summed E-state index contributed by atoms with van der Waals surface area (Å²) in [5.41, 5.74) is 1.93. The fourth-order valence-corrected chi connectivity index (χ4v) is 3.88. The average Bonchev–Trinajstić information content (AvgIpc) is 3.26. The van der Waals surface area contributed by atoms with Crippen molar-refractivity contribution < 1.29 is 9.90 Å². The minimum Gasteiger partial charge on any atom is -0.388 e. The Morgan fingerprint density at radius 2 is 2.13 bits per heavy atom. The van der Waals surface area contributed by atoms with Crippen LogP contribution in [-0.4, -0.2) is 57.4 Å². The van der Waals surface area contributed by atoms with Crippen LogP contribution in [0, 0.1) is 13.8 Å². The van der Waals surface area contributed by atoms with E-state index in [2.05, 4.69) is 30.7 Å². The van der Waals surface area contributed by atoms with Gasteiger partial charge >= 0.3 is 0 Å². The highest BCUT2D eigenvalue weighted by atomic mass is 16.3. The molecule has 4 rings (SSSR count). The van der Waals surface area contributed by atoms with Gasteiger partial charge in [0.15, 0.2) is 0 Å². The van der Waals surface area contributed by atoms with Gasteiger partial charge in [-0.15, -0.1) is 5.10 Å². The Balaban J connectivity index is 1.26. The molecule has 3 aromatic heterocycles. The second-order valence-corrected chi connectivity index (χ2v) is 8.29. The number of hydrogen-bond acceptors (Lipinski definition) is 7. The minimum atomic E-state index is -0.940. The Bertz CT molecular complexity index is 1160. The third kappa shape index (κ3) is 4.55. The summed E-state index contributed by atoms with van der Waals surface area (Å²) in [7, 11) is 1.87. The summed E-state index contributed by atoms with van der Waals surface area (Å²) < 4.78 is 3.39. The van der Waals surface area contributed by atoms with Gasteiger partial charge in [-0.2, -0.15) is 5.10 Å². The number of carbonyl (C=O) groups excluding carboxylic acids is 1. The maximum atomic E-state index is 12.2. The van der Waals surface area contributed by atoms with E-state index in [4.69, 9.17) is 0 Å². The standard InChI is InChI=1S/C20H26N8O3/c1-12-16(9-22-27(12)3)17-10-28(26-25-17)11-20(31)6-15(7-20)24-18(29)5-4-14-8-21-13(2)23-19(14)30/h8-10,15,31H,4-7,11H2,1-3H3,(H,24,29)(H,21,23,30). The quantitative estimate of drug-likeness (QED) is 0.483. The van der Waals surface area contributed by atoms with Crippen molar-refractivity contribution in [2.45, 2.75) is 57.7 Å². The number of hydrogen-bond donors (Lipinski definition) is 3. The molecule has 0 aromatic carbocycles. The lowest BCUT2D eigenvalue weighted by Gasteiger charge is -2.43. The largest absolute Gasteiger partial charge is 0.388 e. The third-order valence-corrected chi connectivity index (χ3v) is 5.75. The van der Waals surface area contributed by atoms with Crippen LogP contribution in [0.3, 0.4) is 0 Å². The number of nitrogens with one attached hydrogen (secondary N) is 2. The Morgan fingerprint density at radius 3 is 2.81 bits per heavy atom. The Labute approximate surface area is 178 Å². The van der Waals surface area contributed by atoms with Crippen molar-refractivity contribution in [3.05, 3.63) is 46.0 Å². The van der Waals surface area contributed by atoms with E-state index in [0.29, 0.717) is 42.9 Å². The van der Waals surface area contributed by atoms with Crippen LogP contribution in [0.25, 0.3) is 11.3 Å². The molecular weight excluding hydrogens is 400 g/mol. The second-order valence-electron chi connectivity index (χ2n) is 8.29. The van der Waals surface area contributed by atoms with Gasteiger partial charge in [-0.05, 0) is 33.1 Å². The number of aliphatic hydroxyl groups is 1. The van der Waals surface area contributed by atoms with Crippen LogP contribution >= 0.6 is 0 Å². The van der Waals surface area contributed by atoms with Gasteiger partial charge in [0.1, 0.15) is 11.5 Å². The third-order valence-electron chi connectivity index (χ3n) is 5.75. The predicted molar refractivity (Wildman–Crippen MR) is 111 cm³/mol. The summed E-state index contributed by atoms with van der Waals surface area (Å²) in [6, 6.07) is -0.101. The molecule has 0 saturated heterocycles. The highest BCUT2D eigenvalue weighted by Crippen LogP contribution is 2.34. The number of aryl methyl sites for hydroxylation is 3. The molecule has 11 heteroatoms. The van der Waals surface area contributed by atoms with Crippen molar-refractivity contribution in [1.29, 1.82) is 0 Å². The summed E-state index contributed by atoms with van der Waals surface area (Å²) in [5, 5.41) is 26.2. The first-order chi connectivity index (χ1) is 14.7. The van der Waals surface area contributed by atoms with Gasteiger partial charge in [0, 0.05) is 42.5 Å². The maximum Gasteiger partial charge on any atom is 0.254 e. The molecule has 0 unspecified atom stereocenters. The topological polar surface area (TPSA) is 144 Å². The molecule has 3 heterocycles. The lowest BCUT2D eigenvalue weighted by molar-refractivity contribution is -0.126. The molecule has 3 N–H and O–H groups in total. The number of nitrogens with zero attached hydrogens (tertiary/aromatic N) is 6. The van der Waals surface area contributed by atoms with E-state index in [1.807, 2.05) is 14.0 Å². The molecule has 0 atom stereocenters. The number of rotatable bonds is 7. The van der Waals surface area contributed by atoms with Crippen LogP contribution in [0.4, 0.5) is 0 Å². The van der Waals surface area contributed by atoms with Gasteiger partial charge in [-0.1, -0.05) is 5.21 Å². The van der Waals surface area contributed by atoms with Crippen molar-refractivity contribution in [2.75, 3.05) is 0 Å². The van der Waals surface area contributed by atoms with Gasteiger partial charge in [-0.25, -0.2) is 9.67 Å². The molecule has 0 bridgehead atoms. The summed E-state index contributed by atoms with van der Waals surface area (Å²) in [4.78, 5) is 30.7. The fourth-order valence-electron chi connectivity index (χ4n) is 3.88. The number of carbonyl (C=O) groups is 1. The van der Waals surface area contributed by atoms with E-state index in [1.165, 1.54) is 6.20 Å². The summed E-state index contributed by atoms with van der Waals surface area (Å²) >= 11 is 0. The van der Waals surface area contributed by atoms with E-state index in [1.54, 1.807) is 28.7 Å². The Hall–Kier alpha value is -3.34. The van der Waals surface area contributed by atoms with Gasteiger partial charge in [-0.3, -0.25) is 14.3 Å². The monoisotopic (exact) mass is 426 g/mol. The first kappa shape index (κ1) is 20.9. The lowest BCUT2D eigenvalue weighted by atomic mass is 9.75. The van der Waals surface area contributed by atoms with E-state index in [0.717, 1.165) is 11.3 Å². The number of aromatic amines is 1. The SMILES string of the molecule is Cc1ncc(CCC(=O)NC2CC(O)(Cn3cc(-c4cnn(C)c4C)nn3)C2)c(=O)[nH]1. The summed E-state index contributed by atoms with van der Waals surface area (Å²) in [6.07, 6.45) is 6.43. The van der Waals surface area contributed by atoms with Crippen molar-refractivity contribution in [3.63, 3.8) is 0 Å². The molecule has 0 radical (unpaired) electrons. The number of aromatic nitrogens is 7. The Morgan fingerprint density at radius 1 is 1.35 bits per heavy atom. The summed E-state index contributed by atoms with van der Waals surface area (Å²) in [5.74, 6) is 0.393. The molecule has 11 nitrogen and oxygen atoms in total. The van der Waals surface area contributed by atoms with Gasteiger partial charge in [0.05, 0.1) is 24.5 Å². The molecule has 164 valence electrons. The first-order valence-electron chi connectivity index (χ1n) is 10.2. The van der Waals surface area contributed by atoms with E-state index in [9.17, 15) is 14.7 Å². The van der Waals surface area contributed by atoms with Crippen LogP contribution in [0.5, 0.6) is 0 Å². The van der Waals surface area contributed by atoms with Crippen LogP contribution in [-0.2, 0) is 24.8 Å². The minimum absolute atomic E-state index is 0.101. The number of H-pyrrole nitrogens is 1. The molecule has 0 aliphatic heterocycles. The molecule has 1 aliphatic rings. The van der Waals surface area contributed by atoms with Gasteiger partial charge < -0.3 is 15.4 Å². The van der Waals surface area contributed by atoms with E-state index in [-0.39, 0.29) is 23.9 Å². The van der Waals surface area contributed by atoms with Crippen molar-refractivity contribution >= 4 is 5.91 Å². The zero-order valence-corrected chi connectivity index (χ0v) is 17.8. The van der Waals surface area contributed by atoms with Crippen molar-refractivity contribution in [3.8, 4) is 11.3 Å². The van der Waals surface area contributed by atoms with Crippen LogP contribution in [0.1, 0.15) is 36.3 Å². The maximum absolute atomic E-state index is 12.2. The zero-order chi connectivity index (χ0) is 22.2. The smallest absolute Gasteiger partial charge is 0.254 e. The first-order valence-corrected chi connectivity index (χ1v) is 10.2. The molecule has 1 fully saturated rings. The van der Waals surface area contributed by atoms with Crippen LogP contribution in [0.15, 0.2) is 23.4 Å². The molecule has 0 spiro atoms.